The van der Waals surface area contributed by atoms with Gasteiger partial charge in [0.2, 0.25) is 5.91 Å². The van der Waals surface area contributed by atoms with E-state index < -0.39 is 0 Å². The van der Waals surface area contributed by atoms with Gasteiger partial charge < -0.3 is 9.80 Å². The fraction of sp³-hybridized carbons (Fsp3) is 0.950. The van der Waals surface area contributed by atoms with Gasteiger partial charge in [-0.1, -0.05) is 41.0 Å². The predicted molar refractivity (Wildman–Crippen MR) is 97.3 cm³/mol. The van der Waals surface area contributed by atoms with Gasteiger partial charge in [0.15, 0.2) is 0 Å². The highest BCUT2D eigenvalue weighted by Gasteiger charge is 2.31. The second-order valence-corrected chi connectivity index (χ2v) is 8.49. The first kappa shape index (κ1) is 18.8. The molecule has 2 aliphatic rings. The Hall–Kier alpha value is -0.570. The lowest BCUT2D eigenvalue weighted by atomic mass is 9.82. The summed E-state index contributed by atoms with van der Waals surface area (Å²) >= 11 is 0. The van der Waals surface area contributed by atoms with Gasteiger partial charge in [0.25, 0.3) is 0 Å². The number of nitrogens with zero attached hydrogens (tertiary/aromatic N) is 2. The Morgan fingerprint density at radius 1 is 1.09 bits per heavy atom. The zero-order valence-electron chi connectivity index (χ0n) is 16.1. The number of hydrogen-bond donors (Lipinski definition) is 0. The molecule has 0 N–H and O–H groups in total. The second-order valence-electron chi connectivity index (χ2n) is 8.49. The molecule has 2 rings (SSSR count). The third kappa shape index (κ3) is 4.95. The Morgan fingerprint density at radius 3 is 2.26 bits per heavy atom. The largest absolute Gasteiger partial charge is 0.342 e. The molecule has 2 saturated heterocycles. The molecule has 2 fully saturated rings. The second kappa shape index (κ2) is 8.50. The normalized spacial score (nSPS) is 29.0. The molecule has 0 aromatic carbocycles. The van der Waals surface area contributed by atoms with Crippen molar-refractivity contribution >= 4 is 5.91 Å². The maximum Gasteiger partial charge on any atom is 0.225 e. The van der Waals surface area contributed by atoms with Gasteiger partial charge in [0.1, 0.15) is 0 Å². The van der Waals surface area contributed by atoms with E-state index in [1.165, 1.54) is 45.3 Å². The van der Waals surface area contributed by atoms with Crippen LogP contribution >= 0.6 is 0 Å². The van der Waals surface area contributed by atoms with Crippen LogP contribution in [-0.4, -0.2) is 48.4 Å². The van der Waals surface area contributed by atoms with Crippen LogP contribution in [0.5, 0.6) is 0 Å². The van der Waals surface area contributed by atoms with Crippen LogP contribution in [0.25, 0.3) is 0 Å². The van der Waals surface area contributed by atoms with Gasteiger partial charge in [-0.05, 0) is 56.0 Å². The van der Waals surface area contributed by atoms with Gasteiger partial charge in [-0.25, -0.2) is 0 Å². The van der Waals surface area contributed by atoms with E-state index >= 15 is 0 Å². The van der Waals surface area contributed by atoms with Gasteiger partial charge in [-0.3, -0.25) is 4.79 Å². The maximum absolute atomic E-state index is 12.2. The molecule has 3 nitrogen and oxygen atoms in total. The predicted octanol–water partition coefficient (Wildman–Crippen LogP) is 3.89. The van der Waals surface area contributed by atoms with Crippen LogP contribution < -0.4 is 0 Å². The first-order valence-corrected chi connectivity index (χ1v) is 9.93. The molecule has 23 heavy (non-hydrogen) atoms. The number of piperidine rings is 2. The van der Waals surface area contributed by atoms with Crippen LogP contribution in [0.1, 0.15) is 60.3 Å². The summed E-state index contributed by atoms with van der Waals surface area (Å²) in [6.45, 7) is 16.9. The third-order valence-corrected chi connectivity index (χ3v) is 6.46. The zero-order valence-corrected chi connectivity index (χ0v) is 16.1. The van der Waals surface area contributed by atoms with Crippen molar-refractivity contribution in [1.82, 2.24) is 9.80 Å². The Kier molecular flexibility index (Phi) is 6.94. The van der Waals surface area contributed by atoms with Crippen molar-refractivity contribution in [3.8, 4) is 0 Å². The fourth-order valence-corrected chi connectivity index (χ4v) is 4.40. The highest BCUT2D eigenvalue weighted by molar-refractivity contribution is 5.78. The summed E-state index contributed by atoms with van der Waals surface area (Å²) in [7, 11) is 0. The van der Waals surface area contributed by atoms with Gasteiger partial charge >= 0.3 is 0 Å². The molecule has 3 atom stereocenters. The highest BCUT2D eigenvalue weighted by Crippen LogP contribution is 2.30. The minimum atomic E-state index is 0.137. The summed E-state index contributed by atoms with van der Waals surface area (Å²) in [6.07, 6.45) is 5.27. The average molecular weight is 323 g/mol. The van der Waals surface area contributed by atoms with Crippen LogP contribution in [0, 0.1) is 29.6 Å². The van der Waals surface area contributed by atoms with Crippen LogP contribution in [0.3, 0.4) is 0 Å². The number of hydrogen-bond acceptors (Lipinski definition) is 2. The van der Waals surface area contributed by atoms with E-state index in [4.69, 9.17) is 0 Å². The molecular formula is C20H38N2O. The van der Waals surface area contributed by atoms with Crippen molar-refractivity contribution in [3.05, 3.63) is 0 Å². The maximum atomic E-state index is 12.2. The first-order chi connectivity index (χ1) is 10.9. The summed E-state index contributed by atoms with van der Waals surface area (Å²) in [5, 5.41) is 0. The van der Waals surface area contributed by atoms with Crippen LogP contribution in [0.4, 0.5) is 0 Å². The lowest BCUT2D eigenvalue weighted by Crippen LogP contribution is -2.48. The summed E-state index contributed by atoms with van der Waals surface area (Å²) in [5.74, 6) is 3.72. The monoisotopic (exact) mass is 322 g/mol. The minimum Gasteiger partial charge on any atom is -0.342 e. The van der Waals surface area contributed by atoms with E-state index in [0.717, 1.165) is 30.8 Å². The quantitative estimate of drug-likeness (QED) is 0.767. The number of likely N-dealkylation sites (tertiary alicyclic amines) is 2. The van der Waals surface area contributed by atoms with E-state index in [1.807, 2.05) is 13.8 Å². The molecular weight excluding hydrogens is 284 g/mol. The molecule has 0 aromatic heterocycles. The molecule has 2 aliphatic heterocycles. The molecule has 0 radical (unpaired) electrons. The Balaban J connectivity index is 1.76. The Bertz CT molecular complexity index is 374. The SMILES string of the molecule is CCC(C)C1CCN(C[C@@H]2CCN(C(=O)C(C)C)C[C@H]2C)CC1. The molecule has 0 bridgehead atoms. The van der Waals surface area contributed by atoms with Crippen molar-refractivity contribution in [2.75, 3.05) is 32.7 Å². The summed E-state index contributed by atoms with van der Waals surface area (Å²) in [5.41, 5.74) is 0. The lowest BCUT2D eigenvalue weighted by Gasteiger charge is -2.42. The number of carbonyl (C=O) groups excluding carboxylic acids is 1. The van der Waals surface area contributed by atoms with Crippen molar-refractivity contribution in [2.24, 2.45) is 29.6 Å². The van der Waals surface area contributed by atoms with Crippen molar-refractivity contribution in [2.45, 2.75) is 60.3 Å². The standard InChI is InChI=1S/C20H38N2O/c1-6-16(4)18-7-10-21(11-8-18)14-19-9-12-22(13-17(19)5)20(23)15(2)3/h15-19H,6-14H2,1-5H3/t16?,17-,19+/m1/s1. The molecule has 1 unspecified atom stereocenters. The Labute approximate surface area is 143 Å². The van der Waals surface area contributed by atoms with Gasteiger partial charge in [-0.2, -0.15) is 0 Å². The summed E-state index contributed by atoms with van der Waals surface area (Å²) in [4.78, 5) is 17.0. The average Bonchev–Trinajstić information content (AvgIpc) is 2.55. The van der Waals surface area contributed by atoms with E-state index in [0.29, 0.717) is 11.8 Å². The number of rotatable bonds is 5. The summed E-state index contributed by atoms with van der Waals surface area (Å²) < 4.78 is 0. The number of amides is 1. The molecule has 134 valence electrons. The fourth-order valence-electron chi connectivity index (χ4n) is 4.40. The van der Waals surface area contributed by atoms with Crippen molar-refractivity contribution < 1.29 is 4.79 Å². The van der Waals surface area contributed by atoms with E-state index in [-0.39, 0.29) is 5.92 Å². The van der Waals surface area contributed by atoms with E-state index in [1.54, 1.807) is 0 Å². The molecule has 0 aliphatic carbocycles. The molecule has 0 saturated carbocycles. The molecule has 0 spiro atoms. The molecule has 3 heteroatoms. The highest BCUT2D eigenvalue weighted by atomic mass is 16.2. The molecule has 2 heterocycles. The first-order valence-electron chi connectivity index (χ1n) is 9.93. The third-order valence-electron chi connectivity index (χ3n) is 6.46. The van der Waals surface area contributed by atoms with Crippen molar-refractivity contribution in [3.63, 3.8) is 0 Å². The van der Waals surface area contributed by atoms with Crippen LogP contribution in [0.2, 0.25) is 0 Å². The van der Waals surface area contributed by atoms with Crippen LogP contribution in [0.15, 0.2) is 0 Å². The van der Waals surface area contributed by atoms with E-state index in [9.17, 15) is 4.79 Å². The van der Waals surface area contributed by atoms with E-state index in [2.05, 4.69) is 30.6 Å². The summed E-state index contributed by atoms with van der Waals surface area (Å²) in [6, 6.07) is 0. The van der Waals surface area contributed by atoms with Gasteiger partial charge in [0.05, 0.1) is 0 Å². The Morgan fingerprint density at radius 2 is 1.74 bits per heavy atom. The lowest BCUT2D eigenvalue weighted by molar-refractivity contribution is -0.137. The van der Waals surface area contributed by atoms with Gasteiger partial charge in [-0.15, -0.1) is 0 Å². The van der Waals surface area contributed by atoms with Crippen molar-refractivity contribution in [1.29, 1.82) is 0 Å². The molecule has 1 amide bonds. The number of carbonyl (C=O) groups is 1. The van der Waals surface area contributed by atoms with Crippen LogP contribution in [-0.2, 0) is 4.79 Å². The molecule has 0 aromatic rings. The topological polar surface area (TPSA) is 23.6 Å². The zero-order chi connectivity index (χ0) is 17.0. The van der Waals surface area contributed by atoms with Gasteiger partial charge in [0, 0.05) is 25.6 Å². The smallest absolute Gasteiger partial charge is 0.225 e. The minimum absolute atomic E-state index is 0.137.